The maximum atomic E-state index is 13.6. The second-order valence-corrected chi connectivity index (χ2v) is 8.95. The number of amides is 3. The van der Waals surface area contributed by atoms with Crippen LogP contribution in [0.15, 0.2) is 18.2 Å². The van der Waals surface area contributed by atoms with Gasteiger partial charge in [0.25, 0.3) is 5.91 Å². The van der Waals surface area contributed by atoms with Crippen molar-refractivity contribution in [2.24, 2.45) is 5.92 Å². The Morgan fingerprint density at radius 2 is 2.12 bits per heavy atom. The summed E-state index contributed by atoms with van der Waals surface area (Å²) < 4.78 is 15.3. The number of urea groups is 1. The molecule has 9 heteroatoms. The van der Waals surface area contributed by atoms with E-state index < -0.39 is 6.10 Å². The zero-order valence-corrected chi connectivity index (χ0v) is 18.9. The van der Waals surface area contributed by atoms with E-state index in [-0.39, 0.29) is 36.3 Å². The van der Waals surface area contributed by atoms with Gasteiger partial charge in [0.05, 0.1) is 18.3 Å². The average molecular weight is 444 g/mol. The van der Waals surface area contributed by atoms with Gasteiger partial charge in [-0.3, -0.25) is 9.48 Å². The number of hydrogen-bond acceptors (Lipinski definition) is 4. The van der Waals surface area contributed by atoms with E-state index in [1.54, 1.807) is 34.5 Å². The molecule has 2 aliphatic rings. The molecule has 32 heavy (non-hydrogen) atoms. The van der Waals surface area contributed by atoms with Crippen LogP contribution in [-0.4, -0.2) is 62.4 Å². The van der Waals surface area contributed by atoms with E-state index in [1.807, 2.05) is 13.8 Å². The Kier molecular flexibility index (Phi) is 5.94. The molecule has 0 aliphatic carbocycles. The predicted octanol–water partition coefficient (Wildman–Crippen LogP) is 2.78. The Morgan fingerprint density at radius 3 is 2.81 bits per heavy atom. The van der Waals surface area contributed by atoms with Gasteiger partial charge in [-0.1, -0.05) is 6.92 Å². The number of carbonyl (C=O) groups is 2. The first-order valence-corrected chi connectivity index (χ1v) is 11.0. The molecule has 2 aliphatic heterocycles. The summed E-state index contributed by atoms with van der Waals surface area (Å²) in [6.07, 6.45) is 0.623. The molecule has 0 bridgehead atoms. The van der Waals surface area contributed by atoms with E-state index >= 15 is 0 Å². The highest BCUT2D eigenvalue weighted by Gasteiger charge is 2.38. The second kappa shape index (κ2) is 8.54. The lowest BCUT2D eigenvalue weighted by Gasteiger charge is -2.33. The maximum Gasteiger partial charge on any atom is 0.322 e. The van der Waals surface area contributed by atoms with Crippen LogP contribution in [0.3, 0.4) is 0 Å². The smallest absolute Gasteiger partial charge is 0.322 e. The van der Waals surface area contributed by atoms with Crippen LogP contribution in [0.25, 0.3) is 0 Å². The molecule has 1 aromatic carbocycles. The fourth-order valence-electron chi connectivity index (χ4n) is 4.63. The van der Waals surface area contributed by atoms with Crippen molar-refractivity contribution < 1.29 is 19.1 Å². The quantitative estimate of drug-likeness (QED) is 0.763. The van der Waals surface area contributed by atoms with E-state index in [1.165, 1.54) is 12.1 Å². The standard InChI is InChI=1S/C23H30FN5O3/c1-5-20(30)15-10-27(4)22(31)21-17-12-28(14(3)9-19(17)26-29(21)11-15)23(32)25-16-6-7-18(24)13(2)8-16/h6-8,14-15,20,30H,5,9-12H2,1-4H3,(H,25,32)/t14-,15+,20+/m1/s1. The highest BCUT2D eigenvalue weighted by molar-refractivity contribution is 5.95. The number of fused-ring (bicyclic) bond motifs is 3. The molecule has 1 aromatic heterocycles. The van der Waals surface area contributed by atoms with Gasteiger partial charge in [-0.05, 0) is 44.0 Å². The minimum absolute atomic E-state index is 0.102. The van der Waals surface area contributed by atoms with Gasteiger partial charge in [0.1, 0.15) is 11.5 Å². The summed E-state index contributed by atoms with van der Waals surface area (Å²) >= 11 is 0. The molecule has 2 N–H and O–H groups in total. The minimum Gasteiger partial charge on any atom is -0.393 e. The number of aryl methyl sites for hydroxylation is 1. The fraction of sp³-hybridized carbons (Fsp3) is 0.522. The molecule has 4 rings (SSSR count). The van der Waals surface area contributed by atoms with Crippen molar-refractivity contribution in [2.75, 3.05) is 18.9 Å². The summed E-state index contributed by atoms with van der Waals surface area (Å²) in [5.74, 6) is -0.570. The zero-order chi connectivity index (χ0) is 23.2. The van der Waals surface area contributed by atoms with E-state index in [4.69, 9.17) is 5.10 Å². The van der Waals surface area contributed by atoms with Crippen LogP contribution in [0.1, 0.15) is 47.6 Å². The molecule has 0 unspecified atom stereocenters. The molecule has 0 spiro atoms. The summed E-state index contributed by atoms with van der Waals surface area (Å²) in [5.41, 5.74) is 3.05. The summed E-state index contributed by atoms with van der Waals surface area (Å²) in [6.45, 7) is 6.69. The molecule has 3 atom stereocenters. The van der Waals surface area contributed by atoms with Gasteiger partial charge in [0.15, 0.2) is 0 Å². The minimum atomic E-state index is -0.516. The van der Waals surface area contributed by atoms with Crippen LogP contribution in [0.5, 0.6) is 0 Å². The molecular formula is C23H30FN5O3. The van der Waals surface area contributed by atoms with Crippen LogP contribution in [0.2, 0.25) is 0 Å². The van der Waals surface area contributed by atoms with Gasteiger partial charge >= 0.3 is 6.03 Å². The molecule has 0 saturated carbocycles. The second-order valence-electron chi connectivity index (χ2n) is 8.95. The topological polar surface area (TPSA) is 90.7 Å². The summed E-state index contributed by atoms with van der Waals surface area (Å²) in [7, 11) is 1.74. The SMILES string of the molecule is CC[C@H](O)[C@H]1CN(C)C(=O)c2c3c(nn2C1)C[C@@H](C)N(C(=O)Nc1ccc(F)c(C)c1)C3. The van der Waals surface area contributed by atoms with E-state index in [0.29, 0.717) is 42.9 Å². The number of aromatic nitrogens is 2. The first-order valence-electron chi connectivity index (χ1n) is 11.0. The summed E-state index contributed by atoms with van der Waals surface area (Å²) in [6, 6.07) is 4.03. The molecule has 0 saturated heterocycles. The number of anilines is 1. The number of nitrogens with zero attached hydrogens (tertiary/aromatic N) is 4. The summed E-state index contributed by atoms with van der Waals surface area (Å²) in [4.78, 5) is 29.5. The number of aliphatic hydroxyl groups excluding tert-OH is 1. The van der Waals surface area contributed by atoms with Gasteiger partial charge in [-0.25, -0.2) is 9.18 Å². The number of halogens is 1. The van der Waals surface area contributed by atoms with Crippen molar-refractivity contribution in [3.63, 3.8) is 0 Å². The Labute approximate surface area is 187 Å². The van der Waals surface area contributed by atoms with E-state index in [2.05, 4.69) is 5.32 Å². The Morgan fingerprint density at radius 1 is 1.38 bits per heavy atom. The van der Waals surface area contributed by atoms with Gasteiger partial charge in [-0.2, -0.15) is 5.10 Å². The van der Waals surface area contributed by atoms with Crippen LogP contribution < -0.4 is 5.32 Å². The van der Waals surface area contributed by atoms with Crippen molar-refractivity contribution in [2.45, 2.75) is 58.8 Å². The lowest BCUT2D eigenvalue weighted by atomic mass is 9.99. The van der Waals surface area contributed by atoms with Crippen LogP contribution in [0.4, 0.5) is 14.9 Å². The van der Waals surface area contributed by atoms with Gasteiger partial charge < -0.3 is 20.2 Å². The molecule has 0 fully saturated rings. The van der Waals surface area contributed by atoms with Gasteiger partial charge in [0, 0.05) is 49.8 Å². The summed E-state index contributed by atoms with van der Waals surface area (Å²) in [5, 5.41) is 18.0. The largest absolute Gasteiger partial charge is 0.393 e. The van der Waals surface area contributed by atoms with Crippen molar-refractivity contribution in [1.29, 1.82) is 0 Å². The van der Waals surface area contributed by atoms with E-state index in [9.17, 15) is 19.1 Å². The normalized spacial score (nSPS) is 21.6. The zero-order valence-electron chi connectivity index (χ0n) is 18.9. The van der Waals surface area contributed by atoms with E-state index in [0.717, 1.165) is 11.3 Å². The molecule has 8 nitrogen and oxygen atoms in total. The highest BCUT2D eigenvalue weighted by atomic mass is 19.1. The van der Waals surface area contributed by atoms with Crippen LogP contribution in [-0.2, 0) is 19.5 Å². The van der Waals surface area contributed by atoms with Crippen molar-refractivity contribution in [1.82, 2.24) is 19.6 Å². The first-order chi connectivity index (χ1) is 15.2. The third kappa shape index (κ3) is 3.97. The van der Waals surface area contributed by atoms with Gasteiger partial charge in [0.2, 0.25) is 0 Å². The number of benzene rings is 1. The molecule has 0 radical (unpaired) electrons. The molecule has 172 valence electrons. The first kappa shape index (κ1) is 22.3. The third-order valence-corrected chi connectivity index (χ3v) is 6.58. The fourth-order valence-corrected chi connectivity index (χ4v) is 4.63. The number of carbonyl (C=O) groups excluding carboxylic acids is 2. The molecule has 2 aromatic rings. The highest BCUT2D eigenvalue weighted by Crippen LogP contribution is 2.30. The van der Waals surface area contributed by atoms with Crippen LogP contribution in [0, 0.1) is 18.7 Å². The number of rotatable bonds is 3. The third-order valence-electron chi connectivity index (χ3n) is 6.58. The monoisotopic (exact) mass is 443 g/mol. The van der Waals surface area contributed by atoms with Crippen molar-refractivity contribution in [3.8, 4) is 0 Å². The lowest BCUT2D eigenvalue weighted by Crippen LogP contribution is -2.45. The maximum absolute atomic E-state index is 13.6. The number of nitrogens with one attached hydrogen (secondary N) is 1. The van der Waals surface area contributed by atoms with Crippen LogP contribution >= 0.6 is 0 Å². The Balaban J connectivity index is 1.61. The Bertz CT molecular complexity index is 1050. The predicted molar refractivity (Wildman–Crippen MR) is 118 cm³/mol. The molecule has 3 heterocycles. The number of aliphatic hydroxyl groups is 1. The molecule has 3 amide bonds. The van der Waals surface area contributed by atoms with Crippen molar-refractivity contribution in [3.05, 3.63) is 46.5 Å². The lowest BCUT2D eigenvalue weighted by molar-refractivity contribution is 0.0625. The Hall–Kier alpha value is -2.94. The number of hydrogen-bond donors (Lipinski definition) is 2. The molecular weight excluding hydrogens is 413 g/mol. The van der Waals surface area contributed by atoms with Crippen molar-refractivity contribution >= 4 is 17.6 Å². The van der Waals surface area contributed by atoms with Gasteiger partial charge in [-0.15, -0.1) is 0 Å². The average Bonchev–Trinajstić information content (AvgIpc) is 3.04.